The van der Waals surface area contributed by atoms with E-state index in [-0.39, 0.29) is 18.6 Å². The highest BCUT2D eigenvalue weighted by atomic mass is 16.6. The Morgan fingerprint density at radius 3 is 2.29 bits per heavy atom. The number of esters is 1. The van der Waals surface area contributed by atoms with E-state index in [4.69, 9.17) is 9.47 Å². The number of carbonyl (C=O) groups is 2. The molecule has 1 aromatic rings. The minimum atomic E-state index is -0.659. The van der Waals surface area contributed by atoms with Gasteiger partial charge >= 0.3 is 5.97 Å². The van der Waals surface area contributed by atoms with Gasteiger partial charge in [-0.15, -0.1) is 0 Å². The zero-order chi connectivity index (χ0) is 18.1. The standard InChI is InChI=1S/C19H29NO4/c1-14(2)11-12-23-16(4)19(22)24-13-18(21)20(5)15(3)17-9-7-6-8-10-17/h6-10,14-16H,11-13H2,1-5H3. The number of benzene rings is 1. The van der Waals surface area contributed by atoms with Crippen molar-refractivity contribution in [2.45, 2.75) is 46.3 Å². The molecule has 0 aliphatic rings. The first kappa shape index (κ1) is 20.2. The van der Waals surface area contributed by atoms with Gasteiger partial charge in [0.25, 0.3) is 5.91 Å². The average Bonchev–Trinajstić information content (AvgIpc) is 2.58. The fourth-order valence-corrected chi connectivity index (χ4v) is 2.07. The predicted molar refractivity (Wildman–Crippen MR) is 93.5 cm³/mol. The molecule has 5 nitrogen and oxygen atoms in total. The number of ether oxygens (including phenoxy) is 2. The van der Waals surface area contributed by atoms with Crippen LogP contribution in [-0.4, -0.2) is 43.1 Å². The summed E-state index contributed by atoms with van der Waals surface area (Å²) in [5.41, 5.74) is 1.03. The molecule has 0 saturated carbocycles. The van der Waals surface area contributed by atoms with Gasteiger partial charge in [-0.3, -0.25) is 4.79 Å². The molecule has 0 saturated heterocycles. The average molecular weight is 335 g/mol. The van der Waals surface area contributed by atoms with E-state index >= 15 is 0 Å². The van der Waals surface area contributed by atoms with Crippen LogP contribution < -0.4 is 0 Å². The summed E-state index contributed by atoms with van der Waals surface area (Å²) >= 11 is 0. The van der Waals surface area contributed by atoms with E-state index in [0.717, 1.165) is 12.0 Å². The summed E-state index contributed by atoms with van der Waals surface area (Å²) in [6, 6.07) is 9.63. The SMILES string of the molecule is CC(C)CCOC(C)C(=O)OCC(=O)N(C)C(C)c1ccccc1. The van der Waals surface area contributed by atoms with Crippen LogP contribution in [0.3, 0.4) is 0 Å². The Morgan fingerprint density at radius 2 is 1.71 bits per heavy atom. The molecule has 0 aliphatic heterocycles. The molecule has 5 heteroatoms. The number of likely N-dealkylation sites (N-methyl/N-ethyl adjacent to an activating group) is 1. The topological polar surface area (TPSA) is 55.8 Å². The Bertz CT molecular complexity index is 515. The first-order valence-corrected chi connectivity index (χ1v) is 8.41. The van der Waals surface area contributed by atoms with E-state index in [1.165, 1.54) is 0 Å². The molecule has 1 amide bonds. The highest BCUT2D eigenvalue weighted by Crippen LogP contribution is 2.18. The van der Waals surface area contributed by atoms with Crippen LogP contribution in [0.25, 0.3) is 0 Å². The first-order chi connectivity index (χ1) is 11.3. The molecule has 0 bridgehead atoms. The van der Waals surface area contributed by atoms with Crippen LogP contribution in [0.1, 0.15) is 45.7 Å². The molecular formula is C19H29NO4. The number of nitrogens with zero attached hydrogens (tertiary/aromatic N) is 1. The first-order valence-electron chi connectivity index (χ1n) is 8.41. The lowest BCUT2D eigenvalue weighted by Gasteiger charge is -2.25. The molecule has 2 unspecified atom stereocenters. The summed E-state index contributed by atoms with van der Waals surface area (Å²) in [5, 5.41) is 0. The fraction of sp³-hybridized carbons (Fsp3) is 0.579. The molecule has 0 spiro atoms. The Kier molecular flexibility index (Phi) is 8.47. The summed E-state index contributed by atoms with van der Waals surface area (Å²) in [7, 11) is 1.70. The van der Waals surface area contributed by atoms with E-state index in [1.54, 1.807) is 18.9 Å². The van der Waals surface area contributed by atoms with Gasteiger partial charge in [0.05, 0.1) is 6.04 Å². The Morgan fingerprint density at radius 1 is 1.08 bits per heavy atom. The lowest BCUT2D eigenvalue weighted by molar-refractivity contribution is -0.161. The molecule has 0 N–H and O–H groups in total. The molecule has 0 radical (unpaired) electrons. The third-order valence-corrected chi connectivity index (χ3v) is 3.99. The van der Waals surface area contributed by atoms with Crippen LogP contribution in [-0.2, 0) is 19.1 Å². The van der Waals surface area contributed by atoms with Crippen LogP contribution in [0, 0.1) is 5.92 Å². The zero-order valence-corrected chi connectivity index (χ0v) is 15.3. The second kappa shape index (κ2) is 10.1. The molecule has 0 heterocycles. The van der Waals surface area contributed by atoms with Gasteiger partial charge in [0.1, 0.15) is 0 Å². The summed E-state index contributed by atoms with van der Waals surface area (Å²) in [5.74, 6) is -0.232. The molecule has 134 valence electrons. The molecule has 1 aromatic carbocycles. The van der Waals surface area contributed by atoms with Crippen LogP contribution in [0.4, 0.5) is 0 Å². The van der Waals surface area contributed by atoms with Gasteiger partial charge in [-0.05, 0) is 31.7 Å². The van der Waals surface area contributed by atoms with Crippen molar-refractivity contribution < 1.29 is 19.1 Å². The Balaban J connectivity index is 2.40. The van der Waals surface area contributed by atoms with Crippen molar-refractivity contribution in [2.75, 3.05) is 20.3 Å². The van der Waals surface area contributed by atoms with Crippen molar-refractivity contribution in [3.63, 3.8) is 0 Å². The van der Waals surface area contributed by atoms with Crippen molar-refractivity contribution in [3.05, 3.63) is 35.9 Å². The molecule has 1 rings (SSSR count). The lowest BCUT2D eigenvalue weighted by atomic mass is 10.1. The van der Waals surface area contributed by atoms with Gasteiger partial charge in [-0.2, -0.15) is 0 Å². The number of hydrogen-bond acceptors (Lipinski definition) is 4. The molecule has 24 heavy (non-hydrogen) atoms. The maximum atomic E-state index is 12.2. The van der Waals surface area contributed by atoms with Crippen LogP contribution >= 0.6 is 0 Å². The van der Waals surface area contributed by atoms with Crippen molar-refractivity contribution >= 4 is 11.9 Å². The maximum absolute atomic E-state index is 12.2. The highest BCUT2D eigenvalue weighted by molar-refractivity contribution is 5.82. The molecular weight excluding hydrogens is 306 g/mol. The van der Waals surface area contributed by atoms with E-state index in [1.807, 2.05) is 37.3 Å². The largest absolute Gasteiger partial charge is 0.454 e. The zero-order valence-electron chi connectivity index (χ0n) is 15.3. The van der Waals surface area contributed by atoms with E-state index in [0.29, 0.717) is 12.5 Å². The number of carbonyl (C=O) groups excluding carboxylic acids is 2. The van der Waals surface area contributed by atoms with E-state index in [2.05, 4.69) is 13.8 Å². The van der Waals surface area contributed by atoms with Gasteiger partial charge < -0.3 is 14.4 Å². The van der Waals surface area contributed by atoms with Crippen molar-refractivity contribution in [2.24, 2.45) is 5.92 Å². The summed E-state index contributed by atoms with van der Waals surface area (Å²) in [4.78, 5) is 25.6. The maximum Gasteiger partial charge on any atom is 0.335 e. The van der Waals surface area contributed by atoms with Gasteiger partial charge in [-0.25, -0.2) is 4.79 Å². The van der Waals surface area contributed by atoms with Crippen LogP contribution in [0.5, 0.6) is 0 Å². The van der Waals surface area contributed by atoms with Gasteiger partial charge in [-0.1, -0.05) is 44.2 Å². The lowest BCUT2D eigenvalue weighted by Crippen LogP contribution is -2.35. The summed E-state index contributed by atoms with van der Waals surface area (Å²) in [6.45, 7) is 8.00. The summed E-state index contributed by atoms with van der Waals surface area (Å²) in [6.07, 6.45) is 0.224. The third-order valence-electron chi connectivity index (χ3n) is 3.99. The number of hydrogen-bond donors (Lipinski definition) is 0. The Labute approximate surface area is 144 Å². The van der Waals surface area contributed by atoms with Crippen molar-refractivity contribution in [1.29, 1.82) is 0 Å². The quantitative estimate of drug-likeness (QED) is 0.650. The van der Waals surface area contributed by atoms with Gasteiger partial charge in [0.2, 0.25) is 0 Å². The number of rotatable bonds is 9. The minimum absolute atomic E-state index is 0.0860. The Hall–Kier alpha value is -1.88. The monoisotopic (exact) mass is 335 g/mol. The number of amides is 1. The molecule has 0 aromatic heterocycles. The van der Waals surface area contributed by atoms with E-state index < -0.39 is 12.1 Å². The van der Waals surface area contributed by atoms with Crippen molar-refractivity contribution in [3.8, 4) is 0 Å². The van der Waals surface area contributed by atoms with Crippen LogP contribution in [0.15, 0.2) is 30.3 Å². The van der Waals surface area contributed by atoms with Crippen molar-refractivity contribution in [1.82, 2.24) is 4.90 Å². The smallest absolute Gasteiger partial charge is 0.335 e. The second-order valence-corrected chi connectivity index (χ2v) is 6.39. The molecule has 0 aliphatic carbocycles. The van der Waals surface area contributed by atoms with Gasteiger partial charge in [0.15, 0.2) is 12.7 Å². The molecule has 2 atom stereocenters. The van der Waals surface area contributed by atoms with Gasteiger partial charge in [0, 0.05) is 13.7 Å². The minimum Gasteiger partial charge on any atom is -0.454 e. The predicted octanol–water partition coefficient (Wildman–Crippen LogP) is 3.20. The second-order valence-electron chi connectivity index (χ2n) is 6.39. The highest BCUT2D eigenvalue weighted by Gasteiger charge is 2.21. The van der Waals surface area contributed by atoms with Crippen LogP contribution in [0.2, 0.25) is 0 Å². The summed E-state index contributed by atoms with van der Waals surface area (Å²) < 4.78 is 10.5. The fourth-order valence-electron chi connectivity index (χ4n) is 2.07. The third kappa shape index (κ3) is 6.71. The normalized spacial score (nSPS) is 13.4. The van der Waals surface area contributed by atoms with E-state index in [9.17, 15) is 9.59 Å². The molecule has 0 fully saturated rings.